The number of hydrogen-bond acceptors (Lipinski definition) is 3. The summed E-state index contributed by atoms with van der Waals surface area (Å²) in [4.78, 5) is 26.1. The number of thioether (sulfide) groups is 1. The van der Waals surface area contributed by atoms with Gasteiger partial charge in [-0.2, -0.15) is 0 Å². The summed E-state index contributed by atoms with van der Waals surface area (Å²) >= 11 is 11.0. The van der Waals surface area contributed by atoms with Crippen LogP contribution in [-0.2, 0) is 4.79 Å². The van der Waals surface area contributed by atoms with Gasteiger partial charge in [-0.3, -0.25) is 4.79 Å². The van der Waals surface area contributed by atoms with Crippen LogP contribution in [0.4, 0.5) is 0 Å². The fourth-order valence-electron chi connectivity index (χ4n) is 2.63. The van der Waals surface area contributed by atoms with Crippen molar-refractivity contribution in [3.8, 4) is 0 Å². The van der Waals surface area contributed by atoms with Crippen molar-refractivity contribution < 1.29 is 14.7 Å². The maximum Gasteiger partial charge on any atom is 0.327 e. The molecule has 2 atom stereocenters. The minimum atomic E-state index is -1.02. The molecule has 2 aromatic rings. The summed E-state index contributed by atoms with van der Waals surface area (Å²) in [5.41, 5.74) is 1.18. The van der Waals surface area contributed by atoms with Crippen molar-refractivity contribution in [2.45, 2.75) is 11.4 Å². The molecular formula is C17H13BrClNO3S. The van der Waals surface area contributed by atoms with Crippen LogP contribution in [0.1, 0.15) is 21.3 Å². The van der Waals surface area contributed by atoms with Gasteiger partial charge in [-0.05, 0) is 34.1 Å². The Hall–Kier alpha value is -1.50. The summed E-state index contributed by atoms with van der Waals surface area (Å²) < 4.78 is 0.633. The molecule has 1 aliphatic rings. The molecule has 0 aromatic heterocycles. The number of carbonyl (C=O) groups is 2. The van der Waals surface area contributed by atoms with Gasteiger partial charge >= 0.3 is 5.97 Å². The molecule has 3 rings (SSSR count). The molecule has 7 heteroatoms. The third-order valence-electron chi connectivity index (χ3n) is 3.80. The first-order valence-electron chi connectivity index (χ1n) is 7.16. The Kier molecular flexibility index (Phi) is 5.18. The maximum absolute atomic E-state index is 13.1. The summed E-state index contributed by atoms with van der Waals surface area (Å²) in [7, 11) is 0. The van der Waals surface area contributed by atoms with Gasteiger partial charge in [0.05, 0.1) is 5.56 Å². The molecule has 2 aromatic carbocycles. The van der Waals surface area contributed by atoms with E-state index in [2.05, 4.69) is 15.9 Å². The SMILES string of the molecule is O=C(O)C1CSC(c2ccccc2Cl)N1C(=O)c1ccccc1Br. The van der Waals surface area contributed by atoms with Gasteiger partial charge in [0.2, 0.25) is 0 Å². The van der Waals surface area contributed by atoms with Crippen LogP contribution in [0.25, 0.3) is 0 Å². The smallest absolute Gasteiger partial charge is 0.327 e. The highest BCUT2D eigenvalue weighted by Gasteiger charge is 2.43. The number of carboxylic acids is 1. The van der Waals surface area contributed by atoms with E-state index < -0.39 is 17.4 Å². The lowest BCUT2D eigenvalue weighted by atomic mass is 10.1. The molecule has 124 valence electrons. The number of carboxylic acid groups (broad SMARTS) is 1. The zero-order chi connectivity index (χ0) is 17.3. The second kappa shape index (κ2) is 7.17. The van der Waals surface area contributed by atoms with E-state index in [0.717, 1.165) is 5.56 Å². The molecule has 1 heterocycles. The van der Waals surface area contributed by atoms with Crippen molar-refractivity contribution in [2.75, 3.05) is 5.75 Å². The quantitative estimate of drug-likeness (QED) is 0.788. The predicted molar refractivity (Wildman–Crippen MR) is 98.4 cm³/mol. The van der Waals surface area contributed by atoms with Gasteiger partial charge in [-0.15, -0.1) is 11.8 Å². The van der Waals surface area contributed by atoms with Gasteiger partial charge in [0.1, 0.15) is 11.4 Å². The first kappa shape index (κ1) is 17.3. The third kappa shape index (κ3) is 3.18. The van der Waals surface area contributed by atoms with E-state index in [1.54, 1.807) is 36.4 Å². The molecule has 1 fully saturated rings. The van der Waals surface area contributed by atoms with Crippen molar-refractivity contribution in [2.24, 2.45) is 0 Å². The Morgan fingerprint density at radius 1 is 1.17 bits per heavy atom. The van der Waals surface area contributed by atoms with E-state index in [0.29, 0.717) is 20.8 Å². The van der Waals surface area contributed by atoms with Crippen molar-refractivity contribution >= 4 is 51.2 Å². The fourth-order valence-corrected chi connectivity index (χ4v) is 4.85. The molecule has 0 radical (unpaired) electrons. The highest BCUT2D eigenvalue weighted by atomic mass is 79.9. The van der Waals surface area contributed by atoms with Gasteiger partial charge in [0, 0.05) is 20.8 Å². The molecule has 1 aliphatic heterocycles. The number of aliphatic carboxylic acids is 1. The van der Waals surface area contributed by atoms with Crippen LogP contribution < -0.4 is 0 Å². The zero-order valence-corrected chi connectivity index (χ0v) is 15.5. The lowest BCUT2D eigenvalue weighted by Gasteiger charge is -2.28. The Labute approximate surface area is 156 Å². The second-order valence-electron chi connectivity index (χ2n) is 5.25. The standard InChI is InChI=1S/C17H13BrClNO3S/c18-12-7-3-1-5-10(12)15(21)20-14(17(22)23)9-24-16(20)11-6-2-4-8-13(11)19/h1-8,14,16H,9H2,(H,22,23). The van der Waals surface area contributed by atoms with Crippen LogP contribution in [0.15, 0.2) is 53.0 Å². The fraction of sp³-hybridized carbons (Fsp3) is 0.176. The van der Waals surface area contributed by atoms with Gasteiger partial charge in [0.15, 0.2) is 0 Å². The van der Waals surface area contributed by atoms with E-state index in [9.17, 15) is 14.7 Å². The molecule has 0 spiro atoms. The monoisotopic (exact) mass is 425 g/mol. The topological polar surface area (TPSA) is 57.6 Å². The maximum atomic E-state index is 13.1. The lowest BCUT2D eigenvalue weighted by Crippen LogP contribution is -2.43. The van der Waals surface area contributed by atoms with Crippen LogP contribution in [0.2, 0.25) is 5.02 Å². The zero-order valence-electron chi connectivity index (χ0n) is 12.4. The molecule has 1 amide bonds. The molecule has 0 aliphatic carbocycles. The average Bonchev–Trinajstić information content (AvgIpc) is 3.00. The van der Waals surface area contributed by atoms with Crippen LogP contribution in [0.5, 0.6) is 0 Å². The predicted octanol–water partition coefficient (Wildman–Crippen LogP) is 4.44. The van der Waals surface area contributed by atoms with Crippen molar-refractivity contribution in [3.63, 3.8) is 0 Å². The molecule has 4 nitrogen and oxygen atoms in total. The average molecular weight is 427 g/mol. The first-order chi connectivity index (χ1) is 11.5. The van der Waals surface area contributed by atoms with E-state index in [1.807, 2.05) is 12.1 Å². The van der Waals surface area contributed by atoms with Crippen molar-refractivity contribution in [1.29, 1.82) is 0 Å². The van der Waals surface area contributed by atoms with Crippen LogP contribution >= 0.6 is 39.3 Å². The van der Waals surface area contributed by atoms with E-state index >= 15 is 0 Å². The molecule has 1 N–H and O–H groups in total. The number of hydrogen-bond donors (Lipinski definition) is 1. The summed E-state index contributed by atoms with van der Waals surface area (Å²) in [5, 5.41) is 9.62. The van der Waals surface area contributed by atoms with Crippen molar-refractivity contribution in [1.82, 2.24) is 4.90 Å². The van der Waals surface area contributed by atoms with Gasteiger partial charge in [0.25, 0.3) is 5.91 Å². The number of benzene rings is 2. The largest absolute Gasteiger partial charge is 0.480 e. The highest BCUT2D eigenvalue weighted by molar-refractivity contribution is 9.10. The molecule has 0 bridgehead atoms. The molecule has 2 unspecified atom stereocenters. The van der Waals surface area contributed by atoms with E-state index in [4.69, 9.17) is 11.6 Å². The third-order valence-corrected chi connectivity index (χ3v) is 6.14. The number of rotatable bonds is 3. The Bertz CT molecular complexity index is 801. The van der Waals surface area contributed by atoms with Crippen LogP contribution in [-0.4, -0.2) is 33.7 Å². The number of nitrogens with zero attached hydrogens (tertiary/aromatic N) is 1. The molecule has 24 heavy (non-hydrogen) atoms. The second-order valence-corrected chi connectivity index (χ2v) is 7.63. The number of carbonyl (C=O) groups excluding carboxylic acids is 1. The summed E-state index contributed by atoms with van der Waals surface area (Å²) in [6.45, 7) is 0. The molecule has 1 saturated heterocycles. The van der Waals surface area contributed by atoms with Crippen LogP contribution in [0.3, 0.4) is 0 Å². The lowest BCUT2D eigenvalue weighted by molar-refractivity contribution is -0.141. The number of amides is 1. The highest BCUT2D eigenvalue weighted by Crippen LogP contribution is 2.44. The van der Waals surface area contributed by atoms with E-state index in [-0.39, 0.29) is 5.91 Å². The minimum Gasteiger partial charge on any atom is -0.480 e. The van der Waals surface area contributed by atoms with Crippen molar-refractivity contribution in [3.05, 3.63) is 69.2 Å². The summed E-state index contributed by atoms with van der Waals surface area (Å²) in [6, 6.07) is 13.3. The van der Waals surface area contributed by atoms with Gasteiger partial charge in [-0.25, -0.2) is 4.79 Å². The first-order valence-corrected chi connectivity index (χ1v) is 9.38. The Balaban J connectivity index is 2.05. The normalized spacial score (nSPS) is 20.2. The summed E-state index contributed by atoms with van der Waals surface area (Å²) in [5.74, 6) is -1.02. The number of halogens is 2. The van der Waals surface area contributed by atoms with E-state index in [1.165, 1.54) is 16.7 Å². The minimum absolute atomic E-state index is 0.321. The summed E-state index contributed by atoms with van der Waals surface area (Å²) in [6.07, 6.45) is 0. The van der Waals surface area contributed by atoms with Crippen LogP contribution in [0, 0.1) is 0 Å². The van der Waals surface area contributed by atoms with Gasteiger partial charge < -0.3 is 10.0 Å². The molecular weight excluding hydrogens is 414 g/mol. The Morgan fingerprint density at radius 2 is 1.83 bits per heavy atom. The molecule has 0 saturated carbocycles. The Morgan fingerprint density at radius 3 is 2.50 bits per heavy atom. The van der Waals surface area contributed by atoms with Gasteiger partial charge in [-0.1, -0.05) is 41.9 Å².